The number of hydrogen-bond acceptors (Lipinski definition) is 5. The molecule has 7 nitrogen and oxygen atoms in total. The number of nitrogens with zero attached hydrogens (tertiary/aromatic N) is 1. The van der Waals surface area contributed by atoms with Gasteiger partial charge in [0, 0.05) is 13.5 Å². The predicted octanol–water partition coefficient (Wildman–Crippen LogP) is 1.20. The van der Waals surface area contributed by atoms with E-state index in [0.717, 1.165) is 5.56 Å². The molecule has 1 N–H and O–H groups in total. The summed E-state index contributed by atoms with van der Waals surface area (Å²) < 4.78 is 15.5. The van der Waals surface area contributed by atoms with Gasteiger partial charge in [-0.25, -0.2) is 4.79 Å². The number of cyclic esters (lactones) is 1. The van der Waals surface area contributed by atoms with Crippen LogP contribution in [0.2, 0.25) is 0 Å². The van der Waals surface area contributed by atoms with Gasteiger partial charge < -0.3 is 24.4 Å². The van der Waals surface area contributed by atoms with Gasteiger partial charge in [0.25, 0.3) is 0 Å². The molecule has 1 aromatic rings. The van der Waals surface area contributed by atoms with Gasteiger partial charge in [0.2, 0.25) is 5.91 Å². The number of amides is 2. The third kappa shape index (κ3) is 4.51. The molecular weight excluding hydrogens is 300 g/mol. The molecule has 7 heteroatoms. The molecule has 1 aliphatic heterocycles. The number of hydrogen-bond donors (Lipinski definition) is 1. The number of carbonyl (C=O) groups is 2. The maximum atomic E-state index is 11.9. The van der Waals surface area contributed by atoms with Gasteiger partial charge in [0.15, 0.2) is 11.5 Å². The predicted molar refractivity (Wildman–Crippen MR) is 83.8 cm³/mol. The van der Waals surface area contributed by atoms with Gasteiger partial charge >= 0.3 is 6.09 Å². The Morgan fingerprint density at radius 3 is 2.70 bits per heavy atom. The lowest BCUT2D eigenvalue weighted by atomic mass is 10.1. The fourth-order valence-corrected chi connectivity index (χ4v) is 2.37. The summed E-state index contributed by atoms with van der Waals surface area (Å²) in [6, 6.07) is 5.59. The van der Waals surface area contributed by atoms with Crippen molar-refractivity contribution in [2.45, 2.75) is 18.9 Å². The zero-order valence-corrected chi connectivity index (χ0v) is 13.6. The van der Waals surface area contributed by atoms with E-state index in [1.807, 2.05) is 18.2 Å². The second-order valence-electron chi connectivity index (χ2n) is 5.38. The van der Waals surface area contributed by atoms with Crippen LogP contribution in [0.3, 0.4) is 0 Å². The normalized spacial score (nSPS) is 16.9. The average molecular weight is 322 g/mol. The van der Waals surface area contributed by atoms with Crippen molar-refractivity contribution in [2.24, 2.45) is 0 Å². The van der Waals surface area contributed by atoms with E-state index >= 15 is 0 Å². The highest BCUT2D eigenvalue weighted by molar-refractivity contribution is 5.76. The van der Waals surface area contributed by atoms with Gasteiger partial charge in [-0.05, 0) is 24.1 Å². The van der Waals surface area contributed by atoms with Crippen LogP contribution < -0.4 is 14.8 Å². The first-order valence-corrected chi connectivity index (χ1v) is 7.43. The van der Waals surface area contributed by atoms with Crippen LogP contribution in [0.25, 0.3) is 0 Å². The Kier molecular flexibility index (Phi) is 5.67. The molecular formula is C16H22N2O5. The van der Waals surface area contributed by atoms with Gasteiger partial charge in [0.1, 0.15) is 6.10 Å². The Bertz CT molecular complexity index is 576. The molecule has 0 aromatic heterocycles. The van der Waals surface area contributed by atoms with Crippen LogP contribution >= 0.6 is 0 Å². The first-order valence-electron chi connectivity index (χ1n) is 7.43. The van der Waals surface area contributed by atoms with Gasteiger partial charge in [-0.1, -0.05) is 6.07 Å². The maximum absolute atomic E-state index is 11.9. The van der Waals surface area contributed by atoms with Gasteiger partial charge in [-0.3, -0.25) is 4.79 Å². The summed E-state index contributed by atoms with van der Waals surface area (Å²) in [7, 11) is 4.83. The molecule has 2 amide bonds. The highest BCUT2D eigenvalue weighted by Gasteiger charge is 2.28. The summed E-state index contributed by atoms with van der Waals surface area (Å²) in [5.41, 5.74) is 0.991. The first kappa shape index (κ1) is 16.9. The topological polar surface area (TPSA) is 77.1 Å². The second kappa shape index (κ2) is 7.71. The number of likely N-dealkylation sites (N-methyl/N-ethyl adjacent to an activating group) is 1. The first-order chi connectivity index (χ1) is 11.0. The van der Waals surface area contributed by atoms with E-state index in [4.69, 9.17) is 14.2 Å². The monoisotopic (exact) mass is 322 g/mol. The molecule has 1 aliphatic rings. The van der Waals surface area contributed by atoms with Crippen LogP contribution in [0.5, 0.6) is 11.5 Å². The third-order valence-electron chi connectivity index (χ3n) is 3.67. The standard InChI is InChI=1S/C16H22N2O5/c1-18-10-12(23-16(18)20)9-17-15(19)7-5-11-4-6-13(21-2)14(8-11)22-3/h4,6,8,12H,5,7,9-10H2,1-3H3,(H,17,19). The minimum atomic E-state index is -0.352. The Balaban J connectivity index is 1.77. The smallest absolute Gasteiger partial charge is 0.410 e. The minimum absolute atomic E-state index is 0.0783. The molecule has 1 fully saturated rings. The van der Waals surface area contributed by atoms with E-state index in [0.29, 0.717) is 37.4 Å². The quantitative estimate of drug-likeness (QED) is 0.816. The largest absolute Gasteiger partial charge is 0.493 e. The Labute approximate surface area is 135 Å². The lowest BCUT2D eigenvalue weighted by Crippen LogP contribution is -2.34. The Morgan fingerprint density at radius 2 is 2.09 bits per heavy atom. The van der Waals surface area contributed by atoms with E-state index in [-0.39, 0.29) is 18.1 Å². The zero-order chi connectivity index (χ0) is 16.8. The molecule has 1 unspecified atom stereocenters. The van der Waals surface area contributed by atoms with Crippen molar-refractivity contribution in [2.75, 3.05) is 34.4 Å². The number of nitrogens with one attached hydrogen (secondary N) is 1. The number of rotatable bonds is 7. The number of aryl methyl sites for hydroxylation is 1. The van der Waals surface area contributed by atoms with Gasteiger partial charge in [0.05, 0.1) is 27.3 Å². The van der Waals surface area contributed by atoms with E-state index in [2.05, 4.69) is 5.32 Å². The number of carbonyl (C=O) groups excluding carboxylic acids is 2. The highest BCUT2D eigenvalue weighted by Crippen LogP contribution is 2.27. The molecule has 1 aromatic carbocycles. The summed E-state index contributed by atoms with van der Waals surface area (Å²) in [5, 5.41) is 2.79. The van der Waals surface area contributed by atoms with Crippen molar-refractivity contribution in [1.82, 2.24) is 10.2 Å². The number of benzene rings is 1. The van der Waals surface area contributed by atoms with Gasteiger partial charge in [-0.2, -0.15) is 0 Å². The molecule has 0 radical (unpaired) electrons. The van der Waals surface area contributed by atoms with Crippen molar-refractivity contribution >= 4 is 12.0 Å². The lowest BCUT2D eigenvalue weighted by Gasteiger charge is -2.11. The van der Waals surface area contributed by atoms with Gasteiger partial charge in [-0.15, -0.1) is 0 Å². The molecule has 2 rings (SSSR count). The lowest BCUT2D eigenvalue weighted by molar-refractivity contribution is -0.121. The molecule has 126 valence electrons. The number of ether oxygens (including phenoxy) is 3. The van der Waals surface area contributed by atoms with Crippen molar-refractivity contribution in [3.05, 3.63) is 23.8 Å². The minimum Gasteiger partial charge on any atom is -0.493 e. The fourth-order valence-electron chi connectivity index (χ4n) is 2.37. The van der Waals surface area contributed by atoms with Crippen LogP contribution in [0.15, 0.2) is 18.2 Å². The average Bonchev–Trinajstić information content (AvgIpc) is 2.88. The Hall–Kier alpha value is -2.44. The van der Waals surface area contributed by atoms with Crippen molar-refractivity contribution in [3.8, 4) is 11.5 Å². The van der Waals surface area contributed by atoms with E-state index in [1.165, 1.54) is 4.90 Å². The molecule has 0 spiro atoms. The van der Waals surface area contributed by atoms with Crippen LogP contribution in [-0.4, -0.2) is 57.4 Å². The zero-order valence-electron chi connectivity index (χ0n) is 13.6. The second-order valence-corrected chi connectivity index (χ2v) is 5.38. The van der Waals surface area contributed by atoms with Crippen molar-refractivity contribution in [3.63, 3.8) is 0 Å². The SMILES string of the molecule is COc1ccc(CCC(=O)NCC2CN(C)C(=O)O2)cc1OC. The van der Waals surface area contributed by atoms with E-state index in [1.54, 1.807) is 21.3 Å². The van der Waals surface area contributed by atoms with E-state index < -0.39 is 0 Å². The molecule has 0 saturated carbocycles. The summed E-state index contributed by atoms with van der Waals surface area (Å²) in [5.74, 6) is 1.23. The fraction of sp³-hybridized carbons (Fsp3) is 0.500. The van der Waals surface area contributed by atoms with E-state index in [9.17, 15) is 9.59 Å². The molecule has 1 saturated heterocycles. The summed E-state index contributed by atoms with van der Waals surface area (Å²) >= 11 is 0. The molecule has 1 atom stereocenters. The molecule has 23 heavy (non-hydrogen) atoms. The molecule has 1 heterocycles. The van der Waals surface area contributed by atoms with Crippen molar-refractivity contribution < 1.29 is 23.8 Å². The van der Waals surface area contributed by atoms with Crippen LogP contribution in [0.1, 0.15) is 12.0 Å². The summed E-state index contributed by atoms with van der Waals surface area (Å²) in [6.07, 6.45) is 0.315. The highest BCUT2D eigenvalue weighted by atomic mass is 16.6. The van der Waals surface area contributed by atoms with Crippen LogP contribution in [-0.2, 0) is 16.0 Å². The summed E-state index contributed by atoms with van der Waals surface area (Å²) in [4.78, 5) is 24.6. The third-order valence-corrected chi connectivity index (χ3v) is 3.67. The summed E-state index contributed by atoms with van der Waals surface area (Å²) in [6.45, 7) is 0.829. The van der Waals surface area contributed by atoms with Crippen LogP contribution in [0.4, 0.5) is 4.79 Å². The van der Waals surface area contributed by atoms with Crippen LogP contribution in [0, 0.1) is 0 Å². The number of methoxy groups -OCH3 is 2. The Morgan fingerprint density at radius 1 is 1.35 bits per heavy atom. The maximum Gasteiger partial charge on any atom is 0.410 e. The molecule has 0 aliphatic carbocycles. The molecule has 0 bridgehead atoms. The van der Waals surface area contributed by atoms with Crippen molar-refractivity contribution in [1.29, 1.82) is 0 Å².